The topological polar surface area (TPSA) is 52.3 Å². The maximum atomic E-state index is 11.2. The van der Waals surface area contributed by atoms with Crippen LogP contribution < -0.4 is 5.73 Å². The minimum Gasteiger partial charge on any atom is -0.462 e. The highest BCUT2D eigenvalue weighted by atomic mass is 16.5. The predicted molar refractivity (Wildman–Crippen MR) is 53.3 cm³/mol. The number of ether oxygens (including phenoxy) is 1. The fraction of sp³-hybridized carbons (Fsp3) is 0.700. The molecule has 0 saturated carbocycles. The quantitative estimate of drug-likeness (QED) is 0.388. The largest absolute Gasteiger partial charge is 0.462 e. The van der Waals surface area contributed by atoms with E-state index in [0.29, 0.717) is 18.7 Å². The number of carbonyl (C=O) groups is 1. The molecule has 0 aromatic heterocycles. The summed E-state index contributed by atoms with van der Waals surface area (Å²) in [5.41, 5.74) is 5.96. The Balaban J connectivity index is 3.69. The van der Waals surface area contributed by atoms with E-state index in [1.807, 2.05) is 6.08 Å². The van der Waals surface area contributed by atoms with Crippen molar-refractivity contribution in [2.24, 2.45) is 5.73 Å². The molecular formula is C10H19NO2. The van der Waals surface area contributed by atoms with Gasteiger partial charge in [-0.2, -0.15) is 0 Å². The molecule has 0 aromatic rings. The van der Waals surface area contributed by atoms with Crippen molar-refractivity contribution in [3.8, 4) is 0 Å². The van der Waals surface area contributed by atoms with Crippen molar-refractivity contribution < 1.29 is 9.53 Å². The van der Waals surface area contributed by atoms with E-state index in [0.717, 1.165) is 19.3 Å². The molecule has 0 rings (SSSR count). The van der Waals surface area contributed by atoms with Gasteiger partial charge in [0.05, 0.1) is 6.61 Å². The van der Waals surface area contributed by atoms with Crippen molar-refractivity contribution in [3.05, 3.63) is 11.6 Å². The van der Waals surface area contributed by atoms with Crippen LogP contribution in [0.4, 0.5) is 0 Å². The maximum Gasteiger partial charge on any atom is 0.333 e. The molecule has 2 N–H and O–H groups in total. The standard InChI is InChI=1S/C10H19NO2/c1-3-4-6-9(2)10(12)13-8-5-7-11/h6H,3-5,7-8,11H2,1-2H3. The van der Waals surface area contributed by atoms with E-state index >= 15 is 0 Å². The lowest BCUT2D eigenvalue weighted by Crippen LogP contribution is -2.10. The first kappa shape index (κ1) is 12.2. The molecule has 0 unspecified atom stereocenters. The van der Waals surface area contributed by atoms with E-state index in [1.165, 1.54) is 0 Å². The molecule has 76 valence electrons. The minimum atomic E-state index is -0.220. The molecule has 0 amide bonds. The fourth-order valence-electron chi connectivity index (χ4n) is 0.806. The van der Waals surface area contributed by atoms with E-state index in [-0.39, 0.29) is 5.97 Å². The lowest BCUT2D eigenvalue weighted by molar-refractivity contribution is -0.139. The second kappa shape index (κ2) is 7.80. The summed E-state index contributed by atoms with van der Waals surface area (Å²) in [6.45, 7) is 4.83. The molecule has 0 heterocycles. The lowest BCUT2D eigenvalue weighted by atomic mass is 10.2. The van der Waals surface area contributed by atoms with E-state index in [9.17, 15) is 4.79 Å². The van der Waals surface area contributed by atoms with Gasteiger partial charge in [-0.05, 0) is 26.3 Å². The minimum absolute atomic E-state index is 0.220. The van der Waals surface area contributed by atoms with Gasteiger partial charge in [-0.15, -0.1) is 0 Å². The zero-order valence-electron chi connectivity index (χ0n) is 8.51. The van der Waals surface area contributed by atoms with E-state index in [4.69, 9.17) is 10.5 Å². The smallest absolute Gasteiger partial charge is 0.333 e. The normalized spacial score (nSPS) is 11.5. The SMILES string of the molecule is CCCC=C(C)C(=O)OCCCN. The van der Waals surface area contributed by atoms with Gasteiger partial charge in [-0.1, -0.05) is 19.4 Å². The second-order valence-electron chi connectivity index (χ2n) is 2.95. The molecule has 0 aliphatic rings. The number of hydrogen-bond donors (Lipinski definition) is 1. The van der Waals surface area contributed by atoms with Crippen molar-refractivity contribution in [3.63, 3.8) is 0 Å². The van der Waals surface area contributed by atoms with Gasteiger partial charge >= 0.3 is 5.97 Å². The Bertz CT molecular complexity index is 176. The van der Waals surface area contributed by atoms with Crippen LogP contribution in [-0.4, -0.2) is 19.1 Å². The van der Waals surface area contributed by atoms with Crippen LogP contribution in [-0.2, 0) is 9.53 Å². The average Bonchev–Trinajstić information content (AvgIpc) is 2.14. The predicted octanol–water partition coefficient (Wildman–Crippen LogP) is 1.62. The summed E-state index contributed by atoms with van der Waals surface area (Å²) in [6, 6.07) is 0. The van der Waals surface area contributed by atoms with Crippen molar-refractivity contribution in [1.82, 2.24) is 0 Å². The van der Waals surface area contributed by atoms with Gasteiger partial charge in [0.1, 0.15) is 0 Å². The van der Waals surface area contributed by atoms with Crippen molar-refractivity contribution in [1.29, 1.82) is 0 Å². The Morgan fingerprint density at radius 3 is 2.77 bits per heavy atom. The molecule has 13 heavy (non-hydrogen) atoms. The number of hydrogen-bond acceptors (Lipinski definition) is 3. The monoisotopic (exact) mass is 185 g/mol. The van der Waals surface area contributed by atoms with E-state index in [2.05, 4.69) is 6.92 Å². The first-order valence-corrected chi connectivity index (χ1v) is 4.76. The number of nitrogens with two attached hydrogens (primary N) is 1. The number of rotatable bonds is 6. The van der Waals surface area contributed by atoms with Crippen LogP contribution in [0, 0.1) is 0 Å². The molecule has 0 saturated heterocycles. The molecule has 0 spiro atoms. The van der Waals surface area contributed by atoms with Crippen molar-refractivity contribution >= 4 is 5.97 Å². The van der Waals surface area contributed by atoms with Crippen molar-refractivity contribution in [2.45, 2.75) is 33.1 Å². The molecular weight excluding hydrogens is 166 g/mol. The highest BCUT2D eigenvalue weighted by Gasteiger charge is 2.03. The highest BCUT2D eigenvalue weighted by molar-refractivity contribution is 5.87. The maximum absolute atomic E-state index is 11.2. The van der Waals surface area contributed by atoms with Gasteiger partial charge in [-0.25, -0.2) is 4.79 Å². The van der Waals surface area contributed by atoms with Crippen LogP contribution in [0.5, 0.6) is 0 Å². The van der Waals surface area contributed by atoms with Gasteiger partial charge in [0.2, 0.25) is 0 Å². The van der Waals surface area contributed by atoms with E-state index in [1.54, 1.807) is 6.92 Å². The van der Waals surface area contributed by atoms with Crippen LogP contribution >= 0.6 is 0 Å². The molecule has 0 fully saturated rings. The summed E-state index contributed by atoms with van der Waals surface area (Å²) in [4.78, 5) is 11.2. The van der Waals surface area contributed by atoms with Gasteiger partial charge in [0.15, 0.2) is 0 Å². The average molecular weight is 185 g/mol. The van der Waals surface area contributed by atoms with Crippen LogP contribution in [0.25, 0.3) is 0 Å². The molecule has 0 atom stereocenters. The molecule has 3 heteroatoms. The highest BCUT2D eigenvalue weighted by Crippen LogP contribution is 2.00. The molecule has 0 aliphatic carbocycles. The summed E-state index contributed by atoms with van der Waals surface area (Å²) in [5.74, 6) is -0.220. The van der Waals surface area contributed by atoms with Gasteiger partial charge < -0.3 is 10.5 Å². The molecule has 0 aromatic carbocycles. The van der Waals surface area contributed by atoms with Gasteiger partial charge in [0.25, 0.3) is 0 Å². The summed E-state index contributed by atoms with van der Waals surface area (Å²) in [7, 11) is 0. The third kappa shape index (κ3) is 6.34. The summed E-state index contributed by atoms with van der Waals surface area (Å²) < 4.78 is 4.95. The molecule has 3 nitrogen and oxygen atoms in total. The molecule has 0 aliphatic heterocycles. The summed E-state index contributed by atoms with van der Waals surface area (Å²) >= 11 is 0. The number of allylic oxidation sites excluding steroid dienone is 1. The Hall–Kier alpha value is -0.830. The van der Waals surface area contributed by atoms with Crippen LogP contribution in [0.1, 0.15) is 33.1 Å². The third-order valence-corrected chi connectivity index (χ3v) is 1.64. The Labute approximate surface area is 79.9 Å². The number of esters is 1. The summed E-state index contributed by atoms with van der Waals surface area (Å²) in [5, 5.41) is 0. The Morgan fingerprint density at radius 1 is 1.54 bits per heavy atom. The van der Waals surface area contributed by atoms with Crippen molar-refractivity contribution in [2.75, 3.05) is 13.2 Å². The van der Waals surface area contributed by atoms with Crippen LogP contribution in [0.2, 0.25) is 0 Å². The number of unbranched alkanes of at least 4 members (excludes halogenated alkanes) is 1. The Morgan fingerprint density at radius 2 is 2.23 bits per heavy atom. The van der Waals surface area contributed by atoms with Crippen LogP contribution in [0.15, 0.2) is 11.6 Å². The van der Waals surface area contributed by atoms with Gasteiger partial charge in [0, 0.05) is 5.57 Å². The molecule has 0 bridgehead atoms. The van der Waals surface area contributed by atoms with Gasteiger partial charge in [-0.3, -0.25) is 0 Å². The second-order valence-corrected chi connectivity index (χ2v) is 2.95. The lowest BCUT2D eigenvalue weighted by Gasteiger charge is -2.03. The molecule has 0 radical (unpaired) electrons. The Kier molecular flexibility index (Phi) is 7.30. The first-order valence-electron chi connectivity index (χ1n) is 4.76. The van der Waals surface area contributed by atoms with E-state index < -0.39 is 0 Å². The number of carbonyl (C=O) groups excluding carboxylic acids is 1. The van der Waals surface area contributed by atoms with Crippen LogP contribution in [0.3, 0.4) is 0 Å². The zero-order chi connectivity index (χ0) is 10.1. The fourth-order valence-corrected chi connectivity index (χ4v) is 0.806. The first-order chi connectivity index (χ1) is 6.22. The zero-order valence-corrected chi connectivity index (χ0v) is 8.51. The summed E-state index contributed by atoms with van der Waals surface area (Å²) in [6.07, 6.45) is 4.61. The third-order valence-electron chi connectivity index (χ3n) is 1.64.